The number of hydrogen-bond acceptors (Lipinski definition) is 1. The van der Waals surface area contributed by atoms with Crippen molar-refractivity contribution in [1.82, 2.24) is 0 Å². The van der Waals surface area contributed by atoms with Gasteiger partial charge in [-0.25, -0.2) is 0 Å². The van der Waals surface area contributed by atoms with E-state index in [1.807, 2.05) is 6.07 Å². The van der Waals surface area contributed by atoms with Crippen LogP contribution in [0.4, 0.5) is 4.39 Å². The van der Waals surface area contributed by atoms with E-state index in [4.69, 9.17) is 5.11 Å². The van der Waals surface area contributed by atoms with Crippen molar-refractivity contribution in [1.29, 1.82) is 0 Å². The number of rotatable bonds is 5. The third kappa shape index (κ3) is 3.48. The molecule has 1 aliphatic rings. The van der Waals surface area contributed by atoms with E-state index in [-0.39, 0.29) is 11.5 Å². The summed E-state index contributed by atoms with van der Waals surface area (Å²) in [7, 11) is 0. The maximum absolute atomic E-state index is 13.8. The third-order valence-corrected chi connectivity index (χ3v) is 7.30. The van der Waals surface area contributed by atoms with E-state index >= 15 is 0 Å². The van der Waals surface area contributed by atoms with Crippen molar-refractivity contribution in [3.8, 4) is 5.75 Å². The molecule has 0 amide bonds. The molecule has 0 spiro atoms. The van der Waals surface area contributed by atoms with Gasteiger partial charge in [0.25, 0.3) is 0 Å². The van der Waals surface area contributed by atoms with Gasteiger partial charge in [-0.05, 0) is 0 Å². The van der Waals surface area contributed by atoms with Gasteiger partial charge < -0.3 is 0 Å². The Morgan fingerprint density at radius 3 is 2.79 bits per heavy atom. The van der Waals surface area contributed by atoms with Crippen molar-refractivity contribution < 1.29 is 35.5 Å². The van der Waals surface area contributed by atoms with Gasteiger partial charge in [0.2, 0.25) is 0 Å². The van der Waals surface area contributed by atoms with E-state index in [2.05, 4.69) is 15.9 Å². The molecular formula is C14H17BrFIO2. The SMILES string of the molecule is CC(=O)CCCc1c(C2C[I-]C2)cc(Br)c(F)c1[OH2+]. The Bertz CT molecular complexity index is 501. The van der Waals surface area contributed by atoms with Crippen LogP contribution < -0.4 is 21.2 Å². The van der Waals surface area contributed by atoms with Crippen molar-refractivity contribution in [2.24, 2.45) is 0 Å². The van der Waals surface area contributed by atoms with Crippen LogP contribution in [0.2, 0.25) is 0 Å². The number of Topliss-reactive ketones (excluding diaryl/α,β-unsaturated/α-hetero) is 1. The van der Waals surface area contributed by atoms with Crippen LogP contribution in [-0.2, 0) is 11.2 Å². The number of halogens is 3. The zero-order valence-corrected chi connectivity index (χ0v) is 14.5. The van der Waals surface area contributed by atoms with Crippen LogP contribution >= 0.6 is 15.9 Å². The fraction of sp³-hybridized carbons (Fsp3) is 0.500. The maximum atomic E-state index is 13.8. The van der Waals surface area contributed by atoms with E-state index in [0.29, 0.717) is 50.9 Å². The van der Waals surface area contributed by atoms with Crippen LogP contribution in [0.15, 0.2) is 10.5 Å². The molecule has 1 aromatic rings. The Labute approximate surface area is 131 Å². The first kappa shape index (κ1) is 15.2. The Hall–Kier alpha value is -0.170. The van der Waals surface area contributed by atoms with Crippen molar-refractivity contribution in [2.75, 3.05) is 8.86 Å². The molecule has 5 heteroatoms. The van der Waals surface area contributed by atoms with Crippen molar-refractivity contribution in [3.05, 3.63) is 27.5 Å². The molecule has 0 aromatic heterocycles. The van der Waals surface area contributed by atoms with E-state index in [1.54, 1.807) is 6.92 Å². The average Bonchev–Trinajstić information content (AvgIpc) is 2.27. The van der Waals surface area contributed by atoms with E-state index in [9.17, 15) is 9.18 Å². The molecule has 0 unspecified atom stereocenters. The molecule has 0 aliphatic carbocycles. The zero-order valence-electron chi connectivity index (χ0n) is 10.7. The summed E-state index contributed by atoms with van der Waals surface area (Å²) >= 11 is 3.54. The second-order valence-corrected chi connectivity index (χ2v) is 8.56. The first-order chi connectivity index (χ1) is 9.00. The predicted molar refractivity (Wildman–Crippen MR) is 73.3 cm³/mol. The fourth-order valence-corrected chi connectivity index (χ4v) is 4.85. The first-order valence-electron chi connectivity index (χ1n) is 6.26. The van der Waals surface area contributed by atoms with E-state index < -0.39 is 5.82 Å². The van der Waals surface area contributed by atoms with Crippen molar-refractivity contribution in [3.63, 3.8) is 0 Å². The van der Waals surface area contributed by atoms with Crippen LogP contribution in [0.5, 0.6) is 5.75 Å². The molecule has 0 saturated carbocycles. The molecule has 0 bridgehead atoms. The summed E-state index contributed by atoms with van der Waals surface area (Å²) < 4.78 is 16.7. The summed E-state index contributed by atoms with van der Waals surface area (Å²) in [5, 5.41) is 7.97. The molecule has 1 saturated heterocycles. The van der Waals surface area contributed by atoms with Gasteiger partial charge in [0.15, 0.2) is 0 Å². The number of benzene rings is 1. The second-order valence-electron chi connectivity index (χ2n) is 4.87. The molecule has 2 rings (SSSR count). The van der Waals surface area contributed by atoms with Gasteiger partial charge in [-0.2, -0.15) is 0 Å². The molecule has 106 valence electrons. The Morgan fingerprint density at radius 2 is 2.26 bits per heavy atom. The minimum atomic E-state index is -0.476. The predicted octanol–water partition coefficient (Wildman–Crippen LogP) is 0.124. The molecule has 2 N–H and O–H groups in total. The quantitative estimate of drug-likeness (QED) is 0.363. The Morgan fingerprint density at radius 1 is 1.58 bits per heavy atom. The van der Waals surface area contributed by atoms with Crippen molar-refractivity contribution >= 4 is 21.7 Å². The van der Waals surface area contributed by atoms with Crippen LogP contribution in [0.25, 0.3) is 0 Å². The molecule has 1 aromatic carbocycles. The normalized spacial score (nSPS) is 15.7. The Kier molecular flexibility index (Phi) is 5.22. The zero-order chi connectivity index (χ0) is 14.0. The van der Waals surface area contributed by atoms with Gasteiger partial charge in [-0.3, -0.25) is 0 Å². The third-order valence-electron chi connectivity index (χ3n) is 3.35. The standard InChI is InChI=1S/C14H16BrFIO2/c1-8(18)3-2-4-10-11(9-6-17-7-9)5-12(15)13(16)14(10)19/h5,9,19H,2-4,6-7H2,1H3/q-1/p+1. The molecule has 0 atom stereocenters. The Balaban J connectivity index is 2.27. The molecular weight excluding hydrogens is 426 g/mol. The van der Waals surface area contributed by atoms with Crippen LogP contribution in [0, 0.1) is 5.82 Å². The monoisotopic (exact) mass is 442 g/mol. The van der Waals surface area contributed by atoms with Crippen LogP contribution in [0.3, 0.4) is 0 Å². The summed E-state index contributed by atoms with van der Waals surface area (Å²) in [6.45, 7) is 1.57. The van der Waals surface area contributed by atoms with E-state index in [1.165, 1.54) is 8.86 Å². The van der Waals surface area contributed by atoms with Gasteiger partial charge in [0, 0.05) is 0 Å². The number of carbonyl (C=O) groups excluding carboxylic acids is 1. The second kappa shape index (κ2) is 6.52. The average molecular weight is 443 g/mol. The molecule has 19 heavy (non-hydrogen) atoms. The first-order valence-corrected chi connectivity index (χ1v) is 10.1. The summed E-state index contributed by atoms with van der Waals surface area (Å²) in [6, 6.07) is 1.85. The number of alkyl halides is 2. The molecule has 1 aliphatic heterocycles. The van der Waals surface area contributed by atoms with Gasteiger partial charge in [-0.15, -0.1) is 0 Å². The minimum absolute atomic E-state index is 0.0121. The number of carbonyl (C=O) groups is 1. The molecule has 0 radical (unpaired) electrons. The van der Waals surface area contributed by atoms with Gasteiger partial charge in [-0.1, -0.05) is 0 Å². The summed E-state index contributed by atoms with van der Waals surface area (Å²) in [4.78, 5) is 11.0. The van der Waals surface area contributed by atoms with Crippen molar-refractivity contribution in [2.45, 2.75) is 32.1 Å². The van der Waals surface area contributed by atoms with E-state index in [0.717, 1.165) is 11.1 Å². The summed E-state index contributed by atoms with van der Waals surface area (Å²) in [6.07, 6.45) is 1.85. The van der Waals surface area contributed by atoms with Crippen LogP contribution in [-0.4, -0.2) is 19.7 Å². The topological polar surface area (TPSA) is 40.0 Å². The van der Waals surface area contributed by atoms with Gasteiger partial charge in [0.05, 0.1) is 0 Å². The molecule has 1 fully saturated rings. The number of hydrogen-bond donors (Lipinski definition) is 0. The summed E-state index contributed by atoms with van der Waals surface area (Å²) in [5.74, 6) is 0.204. The summed E-state index contributed by atoms with van der Waals surface area (Å²) in [5.41, 5.74) is 1.95. The van der Waals surface area contributed by atoms with Crippen LogP contribution in [0.1, 0.15) is 36.8 Å². The fourth-order valence-electron chi connectivity index (χ4n) is 2.22. The molecule has 1 heterocycles. The molecule has 2 nitrogen and oxygen atoms in total. The number of ketones is 1. The van der Waals surface area contributed by atoms with Gasteiger partial charge >= 0.3 is 131 Å². The van der Waals surface area contributed by atoms with Gasteiger partial charge in [0.1, 0.15) is 0 Å².